The van der Waals surface area contributed by atoms with E-state index in [0.29, 0.717) is 0 Å². The molecule has 0 aliphatic carbocycles. The molecule has 4 aromatic carbocycles. The molecular weight excluding hydrogens is 1120 g/mol. The molecule has 1 saturated heterocycles. The number of carboxylic acid groups (broad SMARTS) is 1. The number of ketones is 4. The number of hydrogen-bond donors (Lipinski definition) is 10. The lowest BCUT2D eigenvalue weighted by atomic mass is 9.73. The van der Waals surface area contributed by atoms with Crippen LogP contribution in [0.5, 0.6) is 0 Å². The third-order valence-electron chi connectivity index (χ3n) is 16.2. The Balaban J connectivity index is 1.30. The maximum absolute atomic E-state index is 14.6. The first-order valence-corrected chi connectivity index (χ1v) is 30.4. The van der Waals surface area contributed by atoms with Gasteiger partial charge in [-0.15, -0.1) is 0 Å². The van der Waals surface area contributed by atoms with E-state index in [1.807, 2.05) is 137 Å². The van der Waals surface area contributed by atoms with E-state index in [-0.39, 0.29) is 120 Å². The van der Waals surface area contributed by atoms with Crippen molar-refractivity contribution in [2.45, 2.75) is 148 Å². The van der Waals surface area contributed by atoms with Gasteiger partial charge in [-0.05, 0) is 91.9 Å². The Kier molecular flexibility index (Phi) is 27.8. The van der Waals surface area contributed by atoms with E-state index in [9.17, 15) is 48.3 Å². The van der Waals surface area contributed by atoms with Gasteiger partial charge in [-0.25, -0.2) is 0 Å². The van der Waals surface area contributed by atoms with Gasteiger partial charge in [-0.1, -0.05) is 149 Å². The largest absolute Gasteiger partial charge is 0.481 e. The van der Waals surface area contributed by atoms with Gasteiger partial charge in [0.15, 0.2) is 29.1 Å². The number of rotatable bonds is 37. The summed E-state index contributed by atoms with van der Waals surface area (Å²) in [6.45, 7) is 7.17. The van der Waals surface area contributed by atoms with E-state index in [2.05, 4.69) is 20.9 Å². The van der Waals surface area contributed by atoms with Crippen molar-refractivity contribution in [3.8, 4) is 0 Å². The van der Waals surface area contributed by atoms with E-state index in [4.69, 9.17) is 34.1 Å². The molecule has 5 rings (SSSR count). The highest BCUT2D eigenvalue weighted by Gasteiger charge is 2.46. The van der Waals surface area contributed by atoms with Gasteiger partial charge < -0.3 is 54.6 Å². The number of aliphatic imine (C=N–C) groups is 1. The number of likely N-dealkylation sites (tertiary alicyclic amines) is 1. The summed E-state index contributed by atoms with van der Waals surface area (Å²) >= 11 is 0. The monoisotopic (exact) mass is 1210 g/mol. The molecule has 474 valence electrons. The summed E-state index contributed by atoms with van der Waals surface area (Å²) in [6.07, 6.45) is -1.15. The Morgan fingerprint density at radius 2 is 0.955 bits per heavy atom. The molecule has 1 fully saturated rings. The molecule has 0 spiro atoms. The second-order valence-corrected chi connectivity index (χ2v) is 24.4. The standard InChI is InChI=1S/C67H91N11O10/c1-42(2)31-49(39-58(81)54(36-47-23-15-8-16-24-47)77-63(85)52(69)35-46-21-13-7-14-22-46)61(83)76-55(40-60(70)71)59(82)41-67(65(87)88)26-29-78(30-27-67)64(86)48(25-28-74-66(72)73)37-57(80)53(32-43(3)4)75-62(84)50(33-44-17-9-5-10-18-44)38-56(79)51(68)34-45-19-11-6-12-20-45/h5-24,42-43,48-55H,25-41,68-69H2,1-4H3,(H3,70,71)(H,75,84)(H,76,83)(H,77,85)(H,87,88)(H4,72,73,74)/t48-,49-,50-,51+,52+,53+,54+,55+/m0/s1. The number of nitrogens with zero attached hydrogens (tertiary/aromatic N) is 2. The minimum absolute atomic E-state index is 0.00930. The van der Waals surface area contributed by atoms with Crippen LogP contribution >= 0.6 is 0 Å². The van der Waals surface area contributed by atoms with Crippen molar-refractivity contribution in [3.05, 3.63) is 144 Å². The van der Waals surface area contributed by atoms with Gasteiger partial charge in [0.2, 0.25) is 23.6 Å². The van der Waals surface area contributed by atoms with Crippen molar-refractivity contribution in [3.63, 3.8) is 0 Å². The second-order valence-electron chi connectivity index (χ2n) is 24.4. The summed E-state index contributed by atoms with van der Waals surface area (Å²) in [6, 6.07) is 31.3. The zero-order valence-electron chi connectivity index (χ0n) is 51.2. The van der Waals surface area contributed by atoms with Crippen LogP contribution in [0, 0.1) is 40.4 Å². The van der Waals surface area contributed by atoms with Crippen LogP contribution in [-0.4, -0.2) is 124 Å². The molecule has 4 amide bonds. The number of amides is 4. The Labute approximate surface area is 516 Å². The van der Waals surface area contributed by atoms with Crippen LogP contribution in [0.15, 0.2) is 126 Å². The number of amidine groups is 1. The lowest BCUT2D eigenvalue weighted by molar-refractivity contribution is -0.157. The number of carbonyl (C=O) groups is 9. The third kappa shape index (κ3) is 23.0. The fourth-order valence-electron chi connectivity index (χ4n) is 11.3. The molecule has 15 N–H and O–H groups in total. The molecule has 1 aliphatic rings. The highest BCUT2D eigenvalue weighted by molar-refractivity contribution is 5.99. The molecule has 0 saturated carbocycles. The number of nitrogens with two attached hydrogens (primary N) is 5. The number of guanidine groups is 1. The van der Waals surface area contributed by atoms with E-state index >= 15 is 0 Å². The average molecular weight is 1210 g/mol. The molecule has 0 unspecified atom stereocenters. The van der Waals surface area contributed by atoms with Crippen molar-refractivity contribution in [2.75, 3.05) is 19.6 Å². The summed E-state index contributed by atoms with van der Waals surface area (Å²) < 4.78 is 0. The van der Waals surface area contributed by atoms with Crippen molar-refractivity contribution >= 4 is 64.5 Å². The Hall–Kier alpha value is -8.43. The van der Waals surface area contributed by atoms with E-state index in [0.717, 1.165) is 22.3 Å². The number of nitrogens with one attached hydrogen (secondary N) is 4. The molecule has 21 nitrogen and oxygen atoms in total. The second kappa shape index (κ2) is 34.8. The number of benzene rings is 4. The predicted molar refractivity (Wildman–Crippen MR) is 338 cm³/mol. The van der Waals surface area contributed by atoms with E-state index in [1.54, 1.807) is 12.1 Å². The first-order valence-electron chi connectivity index (χ1n) is 30.4. The average Bonchev–Trinajstić information content (AvgIpc) is 1.11. The van der Waals surface area contributed by atoms with E-state index in [1.165, 1.54) is 4.90 Å². The van der Waals surface area contributed by atoms with Crippen molar-refractivity contribution in [1.82, 2.24) is 20.9 Å². The van der Waals surface area contributed by atoms with Crippen LogP contribution in [0.3, 0.4) is 0 Å². The van der Waals surface area contributed by atoms with Gasteiger partial charge in [0.25, 0.3) is 0 Å². The SMILES string of the molecule is CC(C)C[C@@H](CC(=O)[C@@H](Cc1ccccc1)NC(=O)[C@H](N)Cc1ccccc1)C(=O)N[C@H](CC(=N)N)C(=O)CC1(C(=O)O)CCN(C(=O)[C@@H](CCN=C(N)N)CC(=O)[C@@H](CC(C)C)NC(=O)[C@H](CC(=O)[C@H](N)Cc2ccccc2)Cc2ccccc2)CC1. The molecule has 1 aliphatic heterocycles. The quantitative estimate of drug-likeness (QED) is 0.0219. The summed E-state index contributed by atoms with van der Waals surface area (Å²) in [5, 5.41) is 27.5. The smallest absolute Gasteiger partial charge is 0.310 e. The summed E-state index contributed by atoms with van der Waals surface area (Å²) in [7, 11) is 0. The van der Waals surface area contributed by atoms with Gasteiger partial charge in [0.1, 0.15) is 0 Å². The summed E-state index contributed by atoms with van der Waals surface area (Å²) in [5.41, 5.74) is 31.4. The van der Waals surface area contributed by atoms with Crippen LogP contribution < -0.4 is 44.6 Å². The van der Waals surface area contributed by atoms with Gasteiger partial charge in [-0.2, -0.15) is 0 Å². The lowest BCUT2D eigenvalue weighted by Gasteiger charge is -2.40. The number of carboxylic acids is 1. The van der Waals surface area contributed by atoms with Gasteiger partial charge in [0.05, 0.1) is 41.5 Å². The number of hydrogen-bond acceptors (Lipinski definition) is 13. The van der Waals surface area contributed by atoms with Crippen LogP contribution in [0.4, 0.5) is 0 Å². The predicted octanol–water partition coefficient (Wildman–Crippen LogP) is 4.53. The molecule has 0 radical (unpaired) electrons. The van der Waals surface area contributed by atoms with Gasteiger partial charge in [-0.3, -0.25) is 53.6 Å². The van der Waals surface area contributed by atoms with Crippen LogP contribution in [0.25, 0.3) is 0 Å². The topological polar surface area (TPSA) is 379 Å². The first-order chi connectivity index (χ1) is 41.8. The summed E-state index contributed by atoms with van der Waals surface area (Å²) in [4.78, 5) is 133. The Bertz CT molecular complexity index is 3010. The highest BCUT2D eigenvalue weighted by atomic mass is 16.4. The maximum Gasteiger partial charge on any atom is 0.310 e. The zero-order chi connectivity index (χ0) is 64.5. The van der Waals surface area contributed by atoms with Gasteiger partial charge in [0, 0.05) is 69.5 Å². The third-order valence-corrected chi connectivity index (χ3v) is 16.2. The molecule has 4 aromatic rings. The number of carbonyl (C=O) groups excluding carboxylic acids is 8. The van der Waals surface area contributed by atoms with Crippen LogP contribution in [-0.2, 0) is 68.8 Å². The maximum atomic E-state index is 14.6. The minimum Gasteiger partial charge on any atom is -0.481 e. The molecule has 8 atom stereocenters. The molecular formula is C67H91N11O10. The van der Waals surface area contributed by atoms with Crippen molar-refractivity contribution < 1.29 is 48.3 Å². The molecule has 21 heteroatoms. The van der Waals surface area contributed by atoms with Crippen LogP contribution in [0.1, 0.15) is 114 Å². The number of aliphatic carboxylic acids is 1. The lowest BCUT2D eigenvalue weighted by Crippen LogP contribution is -2.53. The zero-order valence-corrected chi connectivity index (χ0v) is 51.2. The molecule has 0 bridgehead atoms. The first kappa shape index (κ1) is 70.3. The van der Waals surface area contributed by atoms with Crippen molar-refractivity contribution in [2.24, 2.45) is 68.7 Å². The molecule has 1 heterocycles. The van der Waals surface area contributed by atoms with Crippen molar-refractivity contribution in [1.29, 1.82) is 5.41 Å². The van der Waals surface area contributed by atoms with Crippen LogP contribution in [0.2, 0.25) is 0 Å². The fourth-order valence-corrected chi connectivity index (χ4v) is 11.3. The summed E-state index contributed by atoms with van der Waals surface area (Å²) in [5.74, 6) is -9.40. The molecule has 88 heavy (non-hydrogen) atoms. The van der Waals surface area contributed by atoms with Gasteiger partial charge >= 0.3 is 5.97 Å². The Morgan fingerprint density at radius 1 is 0.523 bits per heavy atom. The minimum atomic E-state index is -1.73. The molecule has 0 aromatic heterocycles. The van der Waals surface area contributed by atoms with E-state index < -0.39 is 119 Å². The Morgan fingerprint density at radius 3 is 1.44 bits per heavy atom. The highest BCUT2D eigenvalue weighted by Crippen LogP contribution is 2.37. The normalized spacial score (nSPS) is 15.7. The number of Topliss-reactive ketones (excluding diaryl/α,β-unsaturated/α-hetero) is 4. The number of piperidine rings is 1. The fraction of sp³-hybridized carbons (Fsp3) is 0.478.